The van der Waals surface area contributed by atoms with Crippen LogP contribution in [0, 0.1) is 6.92 Å². The van der Waals surface area contributed by atoms with E-state index in [0.29, 0.717) is 11.3 Å². The molecule has 0 saturated heterocycles. The van der Waals surface area contributed by atoms with Gasteiger partial charge in [0.1, 0.15) is 6.54 Å². The van der Waals surface area contributed by atoms with Gasteiger partial charge in [0.2, 0.25) is 6.10 Å². The van der Waals surface area contributed by atoms with Crippen molar-refractivity contribution in [2.24, 2.45) is 0 Å². The normalized spacial score (nSPS) is 11.3. The molecule has 1 aromatic heterocycles. The van der Waals surface area contributed by atoms with Gasteiger partial charge in [0, 0.05) is 11.3 Å². The van der Waals surface area contributed by atoms with E-state index >= 15 is 0 Å². The molecule has 0 radical (unpaired) electrons. The molecule has 2 N–H and O–H groups in total. The van der Waals surface area contributed by atoms with E-state index in [4.69, 9.17) is 9.15 Å². The van der Waals surface area contributed by atoms with Gasteiger partial charge in [-0.3, -0.25) is 14.4 Å². The Bertz CT molecular complexity index is 966. The minimum Gasteiger partial charge on any atom is -0.459 e. The van der Waals surface area contributed by atoms with Gasteiger partial charge in [0.25, 0.3) is 11.8 Å². The smallest absolute Gasteiger partial charge is 0.326 e. The number of carbonyl (C=O) groups excluding carboxylic acids is 3. The number of nitrogens with one attached hydrogen (secondary N) is 2. The summed E-state index contributed by atoms with van der Waals surface area (Å²) in [5, 5.41) is 5.14. The van der Waals surface area contributed by atoms with E-state index < -0.39 is 30.4 Å². The molecule has 0 aliphatic heterocycles. The monoisotopic (exact) mass is 392 g/mol. The lowest BCUT2D eigenvalue weighted by Crippen LogP contribution is -2.33. The number of hydrogen-bond acceptors (Lipinski definition) is 5. The van der Waals surface area contributed by atoms with Gasteiger partial charge in [-0.05, 0) is 31.2 Å². The van der Waals surface area contributed by atoms with Crippen LogP contribution in [-0.2, 0) is 14.3 Å². The maximum Gasteiger partial charge on any atom is 0.326 e. The molecule has 3 rings (SSSR count). The molecule has 1 heterocycles. The number of ether oxygens (including phenoxy) is 1. The van der Waals surface area contributed by atoms with Crippen molar-refractivity contribution in [2.75, 3.05) is 11.9 Å². The number of hydrogen-bond donors (Lipinski definition) is 2. The molecule has 2 aromatic carbocycles. The Balaban J connectivity index is 1.66. The molecule has 148 valence electrons. The van der Waals surface area contributed by atoms with E-state index in [1.54, 1.807) is 48.5 Å². The lowest BCUT2D eigenvalue weighted by atomic mass is 10.1. The Kier molecular flexibility index (Phi) is 6.42. The number of anilines is 1. The van der Waals surface area contributed by atoms with Crippen LogP contribution in [0.2, 0.25) is 0 Å². The predicted molar refractivity (Wildman–Crippen MR) is 106 cm³/mol. The van der Waals surface area contributed by atoms with Gasteiger partial charge in [-0.15, -0.1) is 0 Å². The number of esters is 1. The van der Waals surface area contributed by atoms with Crippen molar-refractivity contribution in [3.8, 4) is 0 Å². The zero-order chi connectivity index (χ0) is 20.6. The van der Waals surface area contributed by atoms with Crippen molar-refractivity contribution < 1.29 is 23.5 Å². The molecule has 0 fully saturated rings. The van der Waals surface area contributed by atoms with E-state index in [1.807, 2.05) is 19.1 Å². The summed E-state index contributed by atoms with van der Waals surface area (Å²) in [5.41, 5.74) is 2.16. The highest BCUT2D eigenvalue weighted by Crippen LogP contribution is 2.20. The maximum atomic E-state index is 12.8. The van der Waals surface area contributed by atoms with Crippen molar-refractivity contribution in [1.29, 1.82) is 0 Å². The summed E-state index contributed by atoms with van der Waals surface area (Å²) in [5.74, 6) is -1.72. The minimum atomic E-state index is -1.16. The highest BCUT2D eigenvalue weighted by Gasteiger charge is 2.25. The average molecular weight is 392 g/mol. The Labute approximate surface area is 167 Å². The molecule has 0 aliphatic carbocycles. The molecule has 0 aliphatic rings. The second-order valence-electron chi connectivity index (χ2n) is 6.30. The van der Waals surface area contributed by atoms with Gasteiger partial charge in [0.15, 0.2) is 5.76 Å². The third-order valence-electron chi connectivity index (χ3n) is 4.05. The number of amides is 2. The summed E-state index contributed by atoms with van der Waals surface area (Å²) in [6, 6.07) is 19.0. The fraction of sp³-hybridized carbons (Fsp3) is 0.136. The lowest BCUT2D eigenvalue weighted by Gasteiger charge is -2.18. The van der Waals surface area contributed by atoms with Crippen LogP contribution < -0.4 is 10.6 Å². The van der Waals surface area contributed by atoms with Crippen molar-refractivity contribution in [3.05, 3.63) is 89.9 Å². The summed E-state index contributed by atoms with van der Waals surface area (Å²) in [7, 11) is 0. The summed E-state index contributed by atoms with van der Waals surface area (Å²) >= 11 is 0. The van der Waals surface area contributed by atoms with Gasteiger partial charge in [-0.25, -0.2) is 0 Å². The first kappa shape index (κ1) is 19.9. The van der Waals surface area contributed by atoms with Crippen LogP contribution in [0.3, 0.4) is 0 Å². The second kappa shape index (κ2) is 9.36. The number of rotatable bonds is 7. The van der Waals surface area contributed by atoms with Crippen LogP contribution in [-0.4, -0.2) is 24.3 Å². The molecule has 7 heteroatoms. The Morgan fingerprint density at radius 1 is 0.966 bits per heavy atom. The third kappa shape index (κ3) is 5.55. The van der Waals surface area contributed by atoms with Gasteiger partial charge < -0.3 is 19.8 Å². The Hall–Kier alpha value is -3.87. The van der Waals surface area contributed by atoms with Crippen LogP contribution in [0.15, 0.2) is 77.4 Å². The summed E-state index contributed by atoms with van der Waals surface area (Å²) < 4.78 is 10.3. The summed E-state index contributed by atoms with van der Waals surface area (Å²) in [6.07, 6.45) is 0.194. The van der Waals surface area contributed by atoms with Crippen molar-refractivity contribution >= 4 is 23.5 Å². The number of furan rings is 1. The summed E-state index contributed by atoms with van der Waals surface area (Å²) in [4.78, 5) is 36.9. The van der Waals surface area contributed by atoms with Gasteiger partial charge in [-0.2, -0.15) is 0 Å². The minimum absolute atomic E-state index is 0.0783. The fourth-order valence-corrected chi connectivity index (χ4v) is 2.57. The predicted octanol–water partition coefficient (Wildman–Crippen LogP) is 3.24. The molecular weight excluding hydrogens is 372 g/mol. The van der Waals surface area contributed by atoms with Crippen LogP contribution in [0.25, 0.3) is 0 Å². The Morgan fingerprint density at radius 2 is 1.69 bits per heavy atom. The Morgan fingerprint density at radius 3 is 2.34 bits per heavy atom. The molecule has 7 nitrogen and oxygen atoms in total. The first-order valence-electron chi connectivity index (χ1n) is 8.96. The quantitative estimate of drug-likeness (QED) is 0.602. The van der Waals surface area contributed by atoms with Crippen LogP contribution in [0.4, 0.5) is 5.69 Å². The van der Waals surface area contributed by atoms with Gasteiger partial charge in [-0.1, -0.05) is 48.0 Å². The molecule has 2 amide bonds. The zero-order valence-corrected chi connectivity index (χ0v) is 15.8. The standard InChI is InChI=1S/C22H20N2O5/c1-15-9-11-17(12-10-15)24-22(27)20(16-6-3-2-4-7-16)29-19(25)14-23-21(26)18-8-5-13-28-18/h2-13,20H,14H2,1H3,(H,23,26)(H,24,27)/t20-/m0/s1. The first-order chi connectivity index (χ1) is 14.0. The average Bonchev–Trinajstić information content (AvgIpc) is 3.27. The lowest BCUT2D eigenvalue weighted by molar-refractivity contribution is -0.153. The number of benzene rings is 2. The molecule has 0 unspecified atom stereocenters. The first-order valence-corrected chi connectivity index (χ1v) is 8.96. The SMILES string of the molecule is Cc1ccc(NC(=O)[C@@H](OC(=O)CNC(=O)c2ccco2)c2ccccc2)cc1. The highest BCUT2D eigenvalue weighted by atomic mass is 16.5. The molecule has 3 aromatic rings. The van der Waals surface area contributed by atoms with Crippen LogP contribution in [0.1, 0.15) is 27.8 Å². The van der Waals surface area contributed by atoms with E-state index in [1.165, 1.54) is 12.3 Å². The largest absolute Gasteiger partial charge is 0.459 e. The molecule has 0 spiro atoms. The van der Waals surface area contributed by atoms with E-state index in [9.17, 15) is 14.4 Å². The number of aryl methyl sites for hydroxylation is 1. The third-order valence-corrected chi connectivity index (χ3v) is 4.05. The fourth-order valence-electron chi connectivity index (χ4n) is 2.57. The molecular formula is C22H20N2O5. The molecule has 0 bridgehead atoms. The van der Waals surface area contributed by atoms with Gasteiger partial charge >= 0.3 is 5.97 Å². The molecule has 29 heavy (non-hydrogen) atoms. The van der Waals surface area contributed by atoms with Crippen molar-refractivity contribution in [2.45, 2.75) is 13.0 Å². The highest BCUT2D eigenvalue weighted by molar-refractivity contribution is 5.97. The second-order valence-corrected chi connectivity index (χ2v) is 6.30. The summed E-state index contributed by atoms with van der Waals surface area (Å²) in [6.45, 7) is 1.54. The topological polar surface area (TPSA) is 97.6 Å². The van der Waals surface area contributed by atoms with Crippen molar-refractivity contribution in [3.63, 3.8) is 0 Å². The maximum absolute atomic E-state index is 12.8. The van der Waals surface area contributed by atoms with Crippen LogP contribution >= 0.6 is 0 Å². The van der Waals surface area contributed by atoms with Crippen molar-refractivity contribution in [1.82, 2.24) is 5.32 Å². The van der Waals surface area contributed by atoms with Crippen LogP contribution in [0.5, 0.6) is 0 Å². The molecule has 0 saturated carbocycles. The van der Waals surface area contributed by atoms with Gasteiger partial charge in [0.05, 0.1) is 6.26 Å². The van der Waals surface area contributed by atoms with E-state index in [-0.39, 0.29) is 5.76 Å². The van der Waals surface area contributed by atoms with E-state index in [2.05, 4.69) is 10.6 Å². The zero-order valence-electron chi connectivity index (χ0n) is 15.8. The van der Waals surface area contributed by atoms with E-state index in [0.717, 1.165) is 5.56 Å². The molecule has 1 atom stereocenters. The number of carbonyl (C=O) groups is 3.